The first-order valence-electron chi connectivity index (χ1n) is 8.10. The molecule has 0 aromatic carbocycles. The van der Waals surface area contributed by atoms with Gasteiger partial charge in [0.15, 0.2) is 0 Å². The summed E-state index contributed by atoms with van der Waals surface area (Å²) in [5.41, 5.74) is 0. The summed E-state index contributed by atoms with van der Waals surface area (Å²) in [4.78, 5) is 17.5. The van der Waals surface area contributed by atoms with Crippen molar-refractivity contribution in [1.82, 2.24) is 15.1 Å². The Morgan fingerprint density at radius 1 is 1.05 bits per heavy atom. The Labute approximate surface area is 115 Å². The minimum absolute atomic E-state index is 0.286. The first-order chi connectivity index (χ1) is 9.31. The molecule has 4 nitrogen and oxygen atoms in total. The Morgan fingerprint density at radius 2 is 2.00 bits per heavy atom. The van der Waals surface area contributed by atoms with Gasteiger partial charge in [0.25, 0.3) is 0 Å². The van der Waals surface area contributed by atoms with E-state index in [4.69, 9.17) is 0 Å². The number of nitrogens with one attached hydrogen (secondary N) is 1. The lowest BCUT2D eigenvalue weighted by Gasteiger charge is -2.45. The summed E-state index contributed by atoms with van der Waals surface area (Å²) in [7, 11) is 0. The first-order valence-corrected chi connectivity index (χ1v) is 8.10. The lowest BCUT2D eigenvalue weighted by molar-refractivity contribution is -0.139. The van der Waals surface area contributed by atoms with E-state index in [9.17, 15) is 4.79 Å². The minimum atomic E-state index is 0.286. The fourth-order valence-electron chi connectivity index (χ4n) is 4.69. The highest BCUT2D eigenvalue weighted by molar-refractivity contribution is 5.80. The quantitative estimate of drug-likeness (QED) is 0.761. The minimum Gasteiger partial charge on any atom is -0.340 e. The summed E-state index contributed by atoms with van der Waals surface area (Å²) in [6, 6.07) is 1.77. The van der Waals surface area contributed by atoms with E-state index in [1.165, 1.54) is 38.6 Å². The molecule has 0 saturated carbocycles. The molecule has 1 N–H and O–H groups in total. The molecule has 4 atom stereocenters. The van der Waals surface area contributed by atoms with Gasteiger partial charge >= 0.3 is 0 Å². The third kappa shape index (κ3) is 2.09. The lowest BCUT2D eigenvalue weighted by Crippen LogP contribution is -2.57. The number of piperidine rings is 1. The second kappa shape index (κ2) is 4.74. The number of rotatable bonds is 1. The maximum Gasteiger partial charge on any atom is 0.227 e. The van der Waals surface area contributed by atoms with Crippen molar-refractivity contribution >= 4 is 5.91 Å². The van der Waals surface area contributed by atoms with Crippen LogP contribution in [0, 0.1) is 5.92 Å². The van der Waals surface area contributed by atoms with Gasteiger partial charge in [0.2, 0.25) is 5.91 Å². The van der Waals surface area contributed by atoms with Crippen molar-refractivity contribution < 1.29 is 4.79 Å². The zero-order chi connectivity index (χ0) is 12.8. The van der Waals surface area contributed by atoms with E-state index < -0.39 is 0 Å². The van der Waals surface area contributed by atoms with Crippen LogP contribution in [0.4, 0.5) is 0 Å². The molecule has 0 spiro atoms. The summed E-state index contributed by atoms with van der Waals surface area (Å²) in [6.07, 6.45) is 7.57. The molecule has 106 valence electrons. The molecule has 19 heavy (non-hydrogen) atoms. The molecule has 1 amide bonds. The molecule has 0 aliphatic carbocycles. The van der Waals surface area contributed by atoms with Gasteiger partial charge in [0.1, 0.15) is 0 Å². The molecule has 4 heteroatoms. The molecule has 4 aliphatic heterocycles. The van der Waals surface area contributed by atoms with Crippen molar-refractivity contribution in [2.45, 2.75) is 56.7 Å². The van der Waals surface area contributed by atoms with Crippen molar-refractivity contribution in [1.29, 1.82) is 0 Å². The average Bonchev–Trinajstić information content (AvgIpc) is 3.08. The molecule has 0 aromatic heterocycles. The van der Waals surface area contributed by atoms with Crippen LogP contribution < -0.4 is 5.32 Å². The summed E-state index contributed by atoms with van der Waals surface area (Å²) in [5, 5.41) is 3.60. The Balaban J connectivity index is 1.41. The van der Waals surface area contributed by atoms with Crippen LogP contribution >= 0.6 is 0 Å². The number of piperazine rings is 1. The van der Waals surface area contributed by atoms with E-state index in [1.807, 2.05) is 0 Å². The van der Waals surface area contributed by atoms with Crippen LogP contribution in [-0.4, -0.2) is 60.0 Å². The van der Waals surface area contributed by atoms with Gasteiger partial charge in [-0.05, 0) is 38.6 Å². The van der Waals surface area contributed by atoms with E-state index in [-0.39, 0.29) is 5.92 Å². The molecule has 4 unspecified atom stereocenters. The Morgan fingerprint density at radius 3 is 2.79 bits per heavy atom. The van der Waals surface area contributed by atoms with Crippen LogP contribution in [0.1, 0.15) is 38.5 Å². The van der Waals surface area contributed by atoms with Gasteiger partial charge in [0, 0.05) is 37.8 Å². The van der Waals surface area contributed by atoms with E-state index in [2.05, 4.69) is 15.1 Å². The second-order valence-electron chi connectivity index (χ2n) is 6.86. The molecule has 4 fully saturated rings. The third-order valence-electron chi connectivity index (χ3n) is 5.77. The highest BCUT2D eigenvalue weighted by Crippen LogP contribution is 2.35. The normalized spacial score (nSPS) is 42.4. The predicted molar refractivity (Wildman–Crippen MR) is 73.8 cm³/mol. The van der Waals surface area contributed by atoms with Crippen LogP contribution in [0.2, 0.25) is 0 Å². The van der Waals surface area contributed by atoms with Crippen molar-refractivity contribution in [3.8, 4) is 0 Å². The molecule has 4 heterocycles. The smallest absolute Gasteiger partial charge is 0.227 e. The van der Waals surface area contributed by atoms with E-state index in [0.29, 0.717) is 24.0 Å². The van der Waals surface area contributed by atoms with Crippen LogP contribution in [-0.2, 0) is 4.79 Å². The molecule has 4 rings (SSSR count). The van der Waals surface area contributed by atoms with Crippen LogP contribution in [0.25, 0.3) is 0 Å². The molecule has 2 bridgehead atoms. The van der Waals surface area contributed by atoms with Gasteiger partial charge in [-0.15, -0.1) is 0 Å². The maximum absolute atomic E-state index is 12.7. The number of carbonyl (C=O) groups excluding carboxylic acids is 1. The van der Waals surface area contributed by atoms with E-state index >= 15 is 0 Å². The molecular formula is C15H25N3O. The van der Waals surface area contributed by atoms with E-state index in [1.54, 1.807) is 0 Å². The fourth-order valence-corrected chi connectivity index (χ4v) is 4.69. The number of hydrogen-bond acceptors (Lipinski definition) is 3. The number of nitrogens with zero attached hydrogens (tertiary/aromatic N) is 2. The Hall–Kier alpha value is -0.610. The number of carbonyl (C=O) groups is 1. The van der Waals surface area contributed by atoms with Gasteiger partial charge in [-0.3, -0.25) is 9.69 Å². The molecule has 4 saturated heterocycles. The predicted octanol–water partition coefficient (Wildman–Crippen LogP) is 0.824. The number of hydrogen-bond donors (Lipinski definition) is 1. The molecule has 4 aliphatic rings. The Bertz CT molecular complexity index is 372. The van der Waals surface area contributed by atoms with Gasteiger partial charge < -0.3 is 10.2 Å². The lowest BCUT2D eigenvalue weighted by atomic mass is 9.87. The van der Waals surface area contributed by atoms with Crippen molar-refractivity contribution in [3.63, 3.8) is 0 Å². The average molecular weight is 263 g/mol. The van der Waals surface area contributed by atoms with Gasteiger partial charge in [-0.2, -0.15) is 0 Å². The fraction of sp³-hybridized carbons (Fsp3) is 0.933. The highest BCUT2D eigenvalue weighted by atomic mass is 16.2. The third-order valence-corrected chi connectivity index (χ3v) is 5.77. The van der Waals surface area contributed by atoms with E-state index in [0.717, 1.165) is 26.1 Å². The van der Waals surface area contributed by atoms with Crippen molar-refractivity contribution in [2.75, 3.05) is 26.2 Å². The SMILES string of the molecule is O=C(C1CC2CCC1N2)N1CCN2CCCCC2C1. The summed E-state index contributed by atoms with van der Waals surface area (Å²) in [5.74, 6) is 0.735. The van der Waals surface area contributed by atoms with Gasteiger partial charge in [0.05, 0.1) is 5.92 Å². The molecule has 0 aromatic rings. The zero-order valence-corrected chi connectivity index (χ0v) is 11.7. The van der Waals surface area contributed by atoms with Crippen molar-refractivity contribution in [2.24, 2.45) is 5.92 Å². The highest BCUT2D eigenvalue weighted by Gasteiger charge is 2.45. The monoisotopic (exact) mass is 263 g/mol. The Kier molecular flexibility index (Phi) is 3.03. The van der Waals surface area contributed by atoms with Gasteiger partial charge in [-0.1, -0.05) is 6.42 Å². The van der Waals surface area contributed by atoms with Crippen LogP contribution in [0.15, 0.2) is 0 Å². The maximum atomic E-state index is 12.7. The molecular weight excluding hydrogens is 238 g/mol. The zero-order valence-electron chi connectivity index (χ0n) is 11.7. The molecule has 0 radical (unpaired) electrons. The van der Waals surface area contributed by atoms with Gasteiger partial charge in [-0.25, -0.2) is 0 Å². The standard InChI is InChI=1S/C15H25N3O/c19-15(13-9-11-4-5-14(13)16-11)18-8-7-17-6-2-1-3-12(17)10-18/h11-14,16H,1-10H2. The first kappa shape index (κ1) is 12.2. The van der Waals surface area contributed by atoms with Crippen molar-refractivity contribution in [3.05, 3.63) is 0 Å². The number of amides is 1. The second-order valence-corrected chi connectivity index (χ2v) is 6.86. The summed E-state index contributed by atoms with van der Waals surface area (Å²) >= 11 is 0. The van der Waals surface area contributed by atoms with Crippen LogP contribution in [0.3, 0.4) is 0 Å². The van der Waals surface area contributed by atoms with Crippen LogP contribution in [0.5, 0.6) is 0 Å². The topological polar surface area (TPSA) is 35.6 Å². The summed E-state index contributed by atoms with van der Waals surface area (Å²) in [6.45, 7) is 4.31. The summed E-state index contributed by atoms with van der Waals surface area (Å²) < 4.78 is 0. The number of fused-ring (bicyclic) bond motifs is 3. The largest absolute Gasteiger partial charge is 0.340 e.